The lowest BCUT2D eigenvalue weighted by molar-refractivity contribution is -0.117. The average Bonchev–Trinajstić information content (AvgIpc) is 2.86. The van der Waals surface area contributed by atoms with Gasteiger partial charge in [-0.1, -0.05) is 18.2 Å². The number of carbonyl (C=O) groups is 1. The van der Waals surface area contributed by atoms with Crippen LogP contribution in [0.3, 0.4) is 0 Å². The molecule has 0 fully saturated rings. The Morgan fingerprint density at radius 1 is 1.17 bits per heavy atom. The van der Waals surface area contributed by atoms with E-state index in [0.717, 1.165) is 10.2 Å². The van der Waals surface area contributed by atoms with Crippen LogP contribution in [0.15, 0.2) is 53.5 Å². The number of aliphatic hydroxyl groups excluding tert-OH is 1. The molecule has 7 heteroatoms. The van der Waals surface area contributed by atoms with Crippen molar-refractivity contribution in [2.45, 2.75) is 13.0 Å². The molecule has 0 aliphatic carbocycles. The van der Waals surface area contributed by atoms with Crippen molar-refractivity contribution >= 4 is 17.2 Å². The van der Waals surface area contributed by atoms with E-state index in [1.807, 2.05) is 12.1 Å². The molecule has 0 radical (unpaired) electrons. The summed E-state index contributed by atoms with van der Waals surface area (Å²) in [5.74, 6) is -0.328. The quantitative estimate of drug-likeness (QED) is 0.725. The lowest BCUT2D eigenvalue weighted by atomic mass is 10.1. The van der Waals surface area contributed by atoms with Crippen LogP contribution in [-0.2, 0) is 17.8 Å². The fourth-order valence-electron chi connectivity index (χ4n) is 2.29. The molecular weight excluding hydrogens is 296 g/mol. The highest BCUT2D eigenvalue weighted by Gasteiger charge is 2.10. The number of fused-ring (bicyclic) bond motifs is 1. The number of benzene rings is 1. The summed E-state index contributed by atoms with van der Waals surface area (Å²) in [4.78, 5) is 24.2. The van der Waals surface area contributed by atoms with Crippen LogP contribution in [0.4, 0.5) is 5.69 Å². The summed E-state index contributed by atoms with van der Waals surface area (Å²) >= 11 is 0. The van der Waals surface area contributed by atoms with Gasteiger partial charge in [0.2, 0.25) is 5.91 Å². The van der Waals surface area contributed by atoms with Gasteiger partial charge in [-0.05, 0) is 36.2 Å². The van der Waals surface area contributed by atoms with Gasteiger partial charge in [0.15, 0.2) is 5.65 Å². The van der Waals surface area contributed by atoms with Crippen molar-refractivity contribution in [1.29, 1.82) is 0 Å². The third-order valence-corrected chi connectivity index (χ3v) is 3.42. The minimum atomic E-state index is -0.353. The molecular formula is C16H16N4O3. The van der Waals surface area contributed by atoms with E-state index in [9.17, 15) is 9.59 Å². The van der Waals surface area contributed by atoms with Gasteiger partial charge in [0.05, 0.1) is 0 Å². The van der Waals surface area contributed by atoms with E-state index in [1.54, 1.807) is 36.5 Å². The number of anilines is 1. The van der Waals surface area contributed by atoms with E-state index in [2.05, 4.69) is 10.4 Å². The van der Waals surface area contributed by atoms with Gasteiger partial charge < -0.3 is 10.4 Å². The summed E-state index contributed by atoms with van der Waals surface area (Å²) in [6.45, 7) is -0.0680. The van der Waals surface area contributed by atoms with Gasteiger partial charge in [0.25, 0.3) is 0 Å². The predicted octanol–water partition coefficient (Wildman–Crippen LogP) is 0.669. The zero-order valence-corrected chi connectivity index (χ0v) is 12.3. The van der Waals surface area contributed by atoms with E-state index < -0.39 is 0 Å². The minimum Gasteiger partial charge on any atom is -0.396 e. The van der Waals surface area contributed by atoms with Gasteiger partial charge in [0, 0.05) is 18.5 Å². The summed E-state index contributed by atoms with van der Waals surface area (Å²) in [7, 11) is 0. The maximum atomic E-state index is 12.1. The molecule has 0 atom stereocenters. The first kappa shape index (κ1) is 15.0. The summed E-state index contributed by atoms with van der Waals surface area (Å²) in [6.07, 6.45) is 2.18. The minimum absolute atomic E-state index is 0.0858. The number of hydrogen-bond acceptors (Lipinski definition) is 4. The van der Waals surface area contributed by atoms with Crippen molar-refractivity contribution < 1.29 is 9.90 Å². The Morgan fingerprint density at radius 3 is 2.65 bits per heavy atom. The molecule has 3 rings (SSSR count). The third kappa shape index (κ3) is 3.29. The second-order valence-corrected chi connectivity index (χ2v) is 5.09. The van der Waals surface area contributed by atoms with Crippen LogP contribution in [0, 0.1) is 0 Å². The predicted molar refractivity (Wildman–Crippen MR) is 85.3 cm³/mol. The Kier molecular flexibility index (Phi) is 4.20. The molecule has 23 heavy (non-hydrogen) atoms. The van der Waals surface area contributed by atoms with Crippen LogP contribution in [0.25, 0.3) is 5.65 Å². The number of nitrogens with zero attached hydrogens (tertiary/aromatic N) is 3. The molecule has 118 valence electrons. The number of aromatic nitrogens is 3. The topological polar surface area (TPSA) is 88.6 Å². The molecule has 0 spiro atoms. The van der Waals surface area contributed by atoms with Crippen molar-refractivity contribution in [3.8, 4) is 0 Å². The first-order valence-corrected chi connectivity index (χ1v) is 7.21. The van der Waals surface area contributed by atoms with Crippen LogP contribution in [0.2, 0.25) is 0 Å². The SMILES string of the molecule is O=C(Cn1nc2ccccn2c1=O)Nc1ccc(CCO)cc1. The monoisotopic (exact) mass is 312 g/mol. The summed E-state index contributed by atoms with van der Waals surface area (Å²) in [6, 6.07) is 12.4. The zero-order valence-electron chi connectivity index (χ0n) is 12.3. The maximum Gasteiger partial charge on any atom is 0.350 e. The third-order valence-electron chi connectivity index (χ3n) is 3.42. The summed E-state index contributed by atoms with van der Waals surface area (Å²) < 4.78 is 2.52. The first-order valence-electron chi connectivity index (χ1n) is 7.21. The van der Waals surface area contributed by atoms with Crippen molar-refractivity contribution in [1.82, 2.24) is 14.2 Å². The van der Waals surface area contributed by atoms with Crippen molar-refractivity contribution in [3.63, 3.8) is 0 Å². The lowest BCUT2D eigenvalue weighted by Gasteiger charge is -2.05. The first-order chi connectivity index (χ1) is 11.2. The van der Waals surface area contributed by atoms with Crippen LogP contribution < -0.4 is 11.0 Å². The second kappa shape index (κ2) is 6.45. The number of pyridine rings is 1. The number of nitrogens with one attached hydrogen (secondary N) is 1. The highest BCUT2D eigenvalue weighted by atomic mass is 16.3. The molecule has 1 amide bonds. The number of aliphatic hydroxyl groups is 1. The highest BCUT2D eigenvalue weighted by Crippen LogP contribution is 2.10. The van der Waals surface area contributed by atoms with E-state index >= 15 is 0 Å². The van der Waals surface area contributed by atoms with Gasteiger partial charge >= 0.3 is 5.69 Å². The smallest absolute Gasteiger partial charge is 0.350 e. The number of rotatable bonds is 5. The van der Waals surface area contributed by atoms with Gasteiger partial charge in [-0.25, -0.2) is 9.48 Å². The normalized spacial score (nSPS) is 10.8. The fraction of sp³-hybridized carbons (Fsp3) is 0.188. The van der Waals surface area contributed by atoms with Crippen molar-refractivity contribution in [2.75, 3.05) is 11.9 Å². The molecule has 0 unspecified atom stereocenters. The standard InChI is InChI=1S/C16H16N4O3/c21-10-8-12-4-6-13(7-5-12)17-15(22)11-20-16(23)19-9-2-1-3-14(19)18-20/h1-7,9,21H,8,10-11H2,(H,17,22). The summed E-state index contributed by atoms with van der Waals surface area (Å²) in [5, 5.41) is 15.7. The van der Waals surface area contributed by atoms with Crippen LogP contribution >= 0.6 is 0 Å². The Bertz CT molecular complexity index is 880. The molecule has 1 aromatic carbocycles. The molecule has 0 saturated carbocycles. The molecule has 2 heterocycles. The van der Waals surface area contributed by atoms with Gasteiger partial charge in [-0.15, -0.1) is 5.10 Å². The van der Waals surface area contributed by atoms with Crippen LogP contribution in [0.5, 0.6) is 0 Å². The largest absolute Gasteiger partial charge is 0.396 e. The number of amides is 1. The summed E-state index contributed by atoms with van der Waals surface area (Å²) in [5.41, 5.74) is 1.77. The van der Waals surface area contributed by atoms with E-state index in [0.29, 0.717) is 17.8 Å². The number of hydrogen-bond donors (Lipinski definition) is 2. The molecule has 0 bridgehead atoms. The lowest BCUT2D eigenvalue weighted by Crippen LogP contribution is -2.28. The van der Waals surface area contributed by atoms with Crippen LogP contribution in [-0.4, -0.2) is 31.8 Å². The zero-order chi connectivity index (χ0) is 16.2. The van der Waals surface area contributed by atoms with Gasteiger partial charge in [-0.2, -0.15) is 0 Å². The van der Waals surface area contributed by atoms with Crippen molar-refractivity contribution in [3.05, 3.63) is 64.7 Å². The molecule has 0 aliphatic heterocycles. The van der Waals surface area contributed by atoms with E-state index in [1.165, 1.54) is 4.40 Å². The molecule has 2 N–H and O–H groups in total. The molecule has 3 aromatic rings. The van der Waals surface area contributed by atoms with Crippen molar-refractivity contribution in [2.24, 2.45) is 0 Å². The van der Waals surface area contributed by atoms with E-state index in [4.69, 9.17) is 5.11 Å². The Hall–Kier alpha value is -2.93. The Morgan fingerprint density at radius 2 is 1.96 bits per heavy atom. The second-order valence-electron chi connectivity index (χ2n) is 5.09. The van der Waals surface area contributed by atoms with Crippen LogP contribution in [0.1, 0.15) is 5.56 Å². The van der Waals surface area contributed by atoms with E-state index in [-0.39, 0.29) is 24.7 Å². The number of carbonyl (C=O) groups excluding carboxylic acids is 1. The molecule has 2 aromatic heterocycles. The Balaban J connectivity index is 1.71. The fourth-order valence-corrected chi connectivity index (χ4v) is 2.29. The van der Waals surface area contributed by atoms with Gasteiger partial charge in [-0.3, -0.25) is 9.20 Å². The molecule has 0 saturated heterocycles. The molecule has 7 nitrogen and oxygen atoms in total. The van der Waals surface area contributed by atoms with Gasteiger partial charge in [0.1, 0.15) is 6.54 Å². The average molecular weight is 312 g/mol. The molecule has 0 aliphatic rings. The highest BCUT2D eigenvalue weighted by molar-refractivity contribution is 5.90. The maximum absolute atomic E-state index is 12.1. The Labute approximate surface area is 131 Å².